The lowest BCUT2D eigenvalue weighted by Gasteiger charge is -1.95. The Balaban J connectivity index is 2.99. The van der Waals surface area contributed by atoms with Gasteiger partial charge in [-0.15, -0.1) is 0 Å². The highest BCUT2D eigenvalue weighted by molar-refractivity contribution is 5.97. The zero-order chi connectivity index (χ0) is 12.8. The molecule has 0 N–H and O–H groups in total. The molecule has 0 aliphatic carbocycles. The van der Waals surface area contributed by atoms with Crippen molar-refractivity contribution < 1.29 is 23.5 Å². The molecule has 1 rings (SSSR count). The number of furan rings is 1. The van der Waals surface area contributed by atoms with Crippen molar-refractivity contribution in [3.8, 4) is 6.07 Å². The molecule has 0 spiro atoms. The number of methoxy groups -OCH3 is 2. The molecule has 0 radical (unpaired) electrons. The van der Waals surface area contributed by atoms with Gasteiger partial charge >= 0.3 is 11.9 Å². The Morgan fingerprint density at radius 3 is 2.59 bits per heavy atom. The molecule has 88 valence electrons. The van der Waals surface area contributed by atoms with E-state index in [1.807, 2.05) is 0 Å². The number of ether oxygens (including phenoxy) is 2. The highest BCUT2D eigenvalue weighted by atomic mass is 16.5. The number of rotatable bonds is 3. The van der Waals surface area contributed by atoms with Crippen LogP contribution in [0.1, 0.15) is 16.3 Å². The fourth-order valence-corrected chi connectivity index (χ4v) is 1.03. The second kappa shape index (κ2) is 5.51. The van der Waals surface area contributed by atoms with Gasteiger partial charge in [-0.25, -0.2) is 9.59 Å². The van der Waals surface area contributed by atoms with Crippen molar-refractivity contribution in [3.63, 3.8) is 0 Å². The summed E-state index contributed by atoms with van der Waals surface area (Å²) in [6.45, 7) is 0. The third-order valence-electron chi connectivity index (χ3n) is 1.83. The van der Waals surface area contributed by atoms with E-state index in [0.717, 1.165) is 7.11 Å². The Kier molecular flexibility index (Phi) is 4.06. The van der Waals surface area contributed by atoms with Crippen molar-refractivity contribution in [1.29, 1.82) is 5.26 Å². The SMILES string of the molecule is COC(=O)/C(C#N)=C/c1ccc(C(=O)OC)o1. The van der Waals surface area contributed by atoms with Crippen molar-refractivity contribution in [3.05, 3.63) is 29.2 Å². The molecule has 0 amide bonds. The van der Waals surface area contributed by atoms with Gasteiger partial charge < -0.3 is 13.9 Å². The zero-order valence-electron chi connectivity index (χ0n) is 9.22. The first-order valence-corrected chi connectivity index (χ1v) is 4.50. The van der Waals surface area contributed by atoms with Crippen molar-refractivity contribution in [2.24, 2.45) is 0 Å². The highest BCUT2D eigenvalue weighted by Gasteiger charge is 2.13. The smallest absolute Gasteiger partial charge is 0.373 e. The summed E-state index contributed by atoms with van der Waals surface area (Å²) in [6, 6.07) is 4.48. The lowest BCUT2D eigenvalue weighted by atomic mass is 10.2. The van der Waals surface area contributed by atoms with Crippen molar-refractivity contribution >= 4 is 18.0 Å². The molecule has 0 aliphatic rings. The van der Waals surface area contributed by atoms with Gasteiger partial charge in [0, 0.05) is 6.08 Å². The van der Waals surface area contributed by atoms with E-state index in [4.69, 9.17) is 9.68 Å². The van der Waals surface area contributed by atoms with Crippen molar-refractivity contribution in [2.45, 2.75) is 0 Å². The van der Waals surface area contributed by atoms with Crippen LogP contribution in [-0.4, -0.2) is 26.2 Å². The highest BCUT2D eigenvalue weighted by Crippen LogP contribution is 2.13. The Labute approximate surface area is 97.0 Å². The Morgan fingerprint density at radius 2 is 2.06 bits per heavy atom. The number of nitrogens with zero attached hydrogens (tertiary/aromatic N) is 1. The lowest BCUT2D eigenvalue weighted by molar-refractivity contribution is -0.135. The molecule has 0 aromatic carbocycles. The van der Waals surface area contributed by atoms with Crippen LogP contribution in [0.15, 0.2) is 22.1 Å². The predicted octanol–water partition coefficient (Wildman–Crippen LogP) is 1.15. The Bertz CT molecular complexity index is 506. The molecule has 17 heavy (non-hydrogen) atoms. The van der Waals surface area contributed by atoms with Gasteiger partial charge in [-0.2, -0.15) is 5.26 Å². The van der Waals surface area contributed by atoms with Crippen LogP contribution in [-0.2, 0) is 14.3 Å². The van der Waals surface area contributed by atoms with Gasteiger partial charge in [-0.05, 0) is 12.1 Å². The van der Waals surface area contributed by atoms with E-state index in [1.54, 1.807) is 6.07 Å². The molecule has 0 bridgehead atoms. The van der Waals surface area contributed by atoms with Crippen LogP contribution in [0.3, 0.4) is 0 Å². The van der Waals surface area contributed by atoms with Crippen LogP contribution in [0.4, 0.5) is 0 Å². The van der Waals surface area contributed by atoms with E-state index >= 15 is 0 Å². The van der Waals surface area contributed by atoms with E-state index in [9.17, 15) is 9.59 Å². The molecule has 1 aromatic heterocycles. The summed E-state index contributed by atoms with van der Waals surface area (Å²) in [4.78, 5) is 22.2. The number of carbonyl (C=O) groups is 2. The van der Waals surface area contributed by atoms with E-state index in [-0.39, 0.29) is 17.1 Å². The second-order valence-corrected chi connectivity index (χ2v) is 2.85. The van der Waals surface area contributed by atoms with Gasteiger partial charge in [0.05, 0.1) is 14.2 Å². The molecule has 0 saturated carbocycles. The predicted molar refractivity (Wildman–Crippen MR) is 55.7 cm³/mol. The molecule has 0 fully saturated rings. The summed E-state index contributed by atoms with van der Waals surface area (Å²) in [6.07, 6.45) is 1.18. The monoisotopic (exact) mass is 235 g/mol. The van der Waals surface area contributed by atoms with E-state index in [2.05, 4.69) is 9.47 Å². The second-order valence-electron chi connectivity index (χ2n) is 2.85. The summed E-state index contributed by atoms with van der Waals surface area (Å²) in [5, 5.41) is 8.70. The van der Waals surface area contributed by atoms with Crippen molar-refractivity contribution in [1.82, 2.24) is 0 Å². The molecule has 1 heterocycles. The van der Waals surface area contributed by atoms with Gasteiger partial charge in [0.2, 0.25) is 5.76 Å². The quantitative estimate of drug-likeness (QED) is 0.443. The third-order valence-corrected chi connectivity index (χ3v) is 1.83. The van der Waals surface area contributed by atoms with Gasteiger partial charge in [0.15, 0.2) is 0 Å². The van der Waals surface area contributed by atoms with Crippen LogP contribution in [0, 0.1) is 11.3 Å². The van der Waals surface area contributed by atoms with E-state index in [0.29, 0.717) is 0 Å². The lowest BCUT2D eigenvalue weighted by Crippen LogP contribution is -2.02. The fourth-order valence-electron chi connectivity index (χ4n) is 1.03. The fraction of sp³-hybridized carbons (Fsp3) is 0.182. The van der Waals surface area contributed by atoms with Gasteiger partial charge in [-0.3, -0.25) is 0 Å². The number of nitriles is 1. The van der Waals surface area contributed by atoms with E-state index < -0.39 is 11.9 Å². The first-order chi connectivity index (χ1) is 8.12. The molecular weight excluding hydrogens is 226 g/mol. The van der Waals surface area contributed by atoms with E-state index in [1.165, 1.54) is 25.3 Å². The molecule has 0 aliphatic heterocycles. The number of carbonyl (C=O) groups excluding carboxylic acids is 2. The maximum absolute atomic E-state index is 11.1. The number of esters is 2. The Morgan fingerprint density at radius 1 is 1.35 bits per heavy atom. The third kappa shape index (κ3) is 2.95. The molecule has 1 aromatic rings. The van der Waals surface area contributed by atoms with Gasteiger partial charge in [0.25, 0.3) is 0 Å². The summed E-state index contributed by atoms with van der Waals surface area (Å²) < 4.78 is 13.9. The van der Waals surface area contributed by atoms with Gasteiger partial charge in [0.1, 0.15) is 17.4 Å². The minimum Gasteiger partial charge on any atom is -0.465 e. The average molecular weight is 235 g/mol. The molecule has 0 saturated heterocycles. The Hall–Kier alpha value is -2.55. The van der Waals surface area contributed by atoms with Crippen LogP contribution in [0.5, 0.6) is 0 Å². The van der Waals surface area contributed by atoms with Crippen LogP contribution >= 0.6 is 0 Å². The normalized spacial score (nSPS) is 10.5. The molecule has 0 unspecified atom stereocenters. The molecular formula is C11H9NO5. The van der Waals surface area contributed by atoms with Gasteiger partial charge in [-0.1, -0.05) is 0 Å². The minimum atomic E-state index is -0.775. The standard InChI is InChI=1S/C11H9NO5/c1-15-10(13)7(6-12)5-8-3-4-9(17-8)11(14)16-2/h3-5H,1-2H3/b7-5+. The maximum Gasteiger partial charge on any atom is 0.373 e. The zero-order valence-corrected chi connectivity index (χ0v) is 9.22. The number of hydrogen-bond donors (Lipinski definition) is 0. The molecule has 6 heteroatoms. The summed E-state index contributed by atoms with van der Waals surface area (Å²) in [7, 11) is 2.38. The average Bonchev–Trinajstić information content (AvgIpc) is 2.82. The summed E-state index contributed by atoms with van der Waals surface area (Å²) in [5.41, 5.74) is -0.224. The van der Waals surface area contributed by atoms with Crippen LogP contribution in [0.2, 0.25) is 0 Å². The topological polar surface area (TPSA) is 89.5 Å². The minimum absolute atomic E-state index is 0.0131. The number of hydrogen-bond acceptors (Lipinski definition) is 6. The maximum atomic E-state index is 11.1. The van der Waals surface area contributed by atoms with Crippen molar-refractivity contribution in [2.75, 3.05) is 14.2 Å². The van der Waals surface area contributed by atoms with Crippen LogP contribution in [0.25, 0.3) is 6.08 Å². The molecule has 6 nitrogen and oxygen atoms in total. The first kappa shape index (κ1) is 12.5. The largest absolute Gasteiger partial charge is 0.465 e. The summed E-state index contributed by atoms with van der Waals surface area (Å²) in [5.74, 6) is -1.24. The molecule has 0 atom stereocenters. The summed E-state index contributed by atoms with van der Waals surface area (Å²) >= 11 is 0. The van der Waals surface area contributed by atoms with Crippen LogP contribution < -0.4 is 0 Å². The first-order valence-electron chi connectivity index (χ1n) is 4.50.